The molecule has 0 saturated heterocycles. The van der Waals surface area contributed by atoms with Gasteiger partial charge in [0.2, 0.25) is 5.91 Å². The maximum Gasteiger partial charge on any atom is 0.261 e. The number of carbonyl (C=O) groups is 3. The summed E-state index contributed by atoms with van der Waals surface area (Å²) >= 11 is 0. The molecular weight excluding hydrogens is 524 g/mol. The van der Waals surface area contributed by atoms with E-state index in [1.54, 1.807) is 4.90 Å². The summed E-state index contributed by atoms with van der Waals surface area (Å²) in [6, 6.07) is 14.8. The molecule has 3 unspecified atom stereocenters. The van der Waals surface area contributed by atoms with Crippen LogP contribution < -0.4 is 10.9 Å². The molecule has 2 N–H and O–H groups in total. The van der Waals surface area contributed by atoms with Crippen molar-refractivity contribution in [2.24, 2.45) is 36.1 Å². The normalized spacial score (nSPS) is 29.0. The maximum atomic E-state index is 14.2. The predicted molar refractivity (Wildman–Crippen MR) is 162 cm³/mol. The van der Waals surface area contributed by atoms with Crippen LogP contribution in [0.3, 0.4) is 0 Å². The number of hydrogen-bond donors (Lipinski definition) is 2. The van der Waals surface area contributed by atoms with E-state index in [0.29, 0.717) is 29.7 Å². The number of aromatic nitrogens is 1. The average molecular weight is 567 g/mol. The van der Waals surface area contributed by atoms with Crippen LogP contribution in [-0.2, 0) is 16.6 Å². The Morgan fingerprint density at radius 2 is 1.57 bits per heavy atom. The van der Waals surface area contributed by atoms with Crippen LogP contribution in [-0.4, -0.2) is 33.2 Å². The van der Waals surface area contributed by atoms with Crippen molar-refractivity contribution in [3.05, 3.63) is 70.9 Å². The maximum absolute atomic E-state index is 14.2. The number of benzene rings is 2. The molecule has 2 heterocycles. The molecular formula is C35H42N4O3. The fourth-order valence-electron chi connectivity index (χ4n) is 9.41. The Bertz CT molecular complexity index is 1550. The second-order valence-electron chi connectivity index (χ2n) is 13.7. The van der Waals surface area contributed by atoms with E-state index in [1.807, 2.05) is 57.3 Å². The third-order valence-corrected chi connectivity index (χ3v) is 11.3. The van der Waals surface area contributed by atoms with Crippen molar-refractivity contribution in [2.75, 3.05) is 0 Å². The van der Waals surface area contributed by atoms with E-state index in [4.69, 9.17) is 0 Å². The zero-order valence-electron chi connectivity index (χ0n) is 25.2. The molecule has 1 aromatic heterocycles. The van der Waals surface area contributed by atoms with Crippen molar-refractivity contribution in [1.29, 1.82) is 0 Å². The van der Waals surface area contributed by atoms with Crippen LogP contribution in [0.1, 0.15) is 92.0 Å². The highest BCUT2D eigenvalue weighted by Crippen LogP contribution is 2.60. The van der Waals surface area contributed by atoms with Crippen molar-refractivity contribution < 1.29 is 14.4 Å². The van der Waals surface area contributed by atoms with E-state index < -0.39 is 12.1 Å². The van der Waals surface area contributed by atoms with Gasteiger partial charge in [-0.2, -0.15) is 0 Å². The van der Waals surface area contributed by atoms with Crippen molar-refractivity contribution in [3.63, 3.8) is 0 Å². The molecule has 220 valence electrons. The Morgan fingerprint density at radius 1 is 0.952 bits per heavy atom. The van der Waals surface area contributed by atoms with E-state index in [0.717, 1.165) is 47.0 Å². The van der Waals surface area contributed by atoms with Gasteiger partial charge in [-0.25, -0.2) is 0 Å². The first-order chi connectivity index (χ1) is 20.2. The molecule has 4 bridgehead atoms. The fourth-order valence-corrected chi connectivity index (χ4v) is 9.41. The number of fused-ring (bicyclic) bond motifs is 2. The molecule has 3 atom stereocenters. The molecule has 0 spiro atoms. The summed E-state index contributed by atoms with van der Waals surface area (Å²) in [5.74, 6) is 1.26. The zero-order valence-corrected chi connectivity index (χ0v) is 25.2. The Labute approximate surface area is 248 Å². The van der Waals surface area contributed by atoms with Gasteiger partial charge < -0.3 is 9.47 Å². The third-order valence-electron chi connectivity index (χ3n) is 11.3. The van der Waals surface area contributed by atoms with Gasteiger partial charge in [-0.1, -0.05) is 56.7 Å². The molecule has 8 rings (SSSR count). The number of amides is 3. The number of nitrogens with one attached hydrogen (secondary N) is 2. The van der Waals surface area contributed by atoms with E-state index in [2.05, 4.69) is 34.5 Å². The highest BCUT2D eigenvalue weighted by molar-refractivity contribution is 6.04. The highest BCUT2D eigenvalue weighted by Gasteiger charge is 2.55. The van der Waals surface area contributed by atoms with Gasteiger partial charge in [0.1, 0.15) is 6.04 Å². The number of aryl methyl sites for hydroxylation is 1. The van der Waals surface area contributed by atoms with Gasteiger partial charge in [-0.05, 0) is 86.8 Å². The minimum atomic E-state index is -0.755. The lowest BCUT2D eigenvalue weighted by Gasteiger charge is -2.55. The van der Waals surface area contributed by atoms with Crippen LogP contribution in [0, 0.1) is 36.0 Å². The molecule has 42 heavy (non-hydrogen) atoms. The second-order valence-corrected chi connectivity index (χ2v) is 13.7. The summed E-state index contributed by atoms with van der Waals surface area (Å²) in [6.45, 7) is 6.15. The topological polar surface area (TPSA) is 83.4 Å². The summed E-state index contributed by atoms with van der Waals surface area (Å²) < 4.78 is 2.16. The Balaban J connectivity index is 1.23. The lowest BCUT2D eigenvalue weighted by Crippen LogP contribution is -2.60. The largest absolute Gasteiger partial charge is 0.348 e. The first-order valence-corrected chi connectivity index (χ1v) is 15.8. The molecule has 4 aliphatic carbocycles. The molecule has 3 aromatic rings. The van der Waals surface area contributed by atoms with Gasteiger partial charge in [0.25, 0.3) is 11.8 Å². The average Bonchev–Trinajstić information content (AvgIpc) is 3.40. The van der Waals surface area contributed by atoms with Gasteiger partial charge in [-0.15, -0.1) is 0 Å². The Kier molecular flexibility index (Phi) is 6.48. The lowest BCUT2D eigenvalue weighted by molar-refractivity contribution is -0.149. The van der Waals surface area contributed by atoms with Crippen LogP contribution in [0.25, 0.3) is 10.9 Å². The smallest absolute Gasteiger partial charge is 0.261 e. The summed E-state index contributed by atoms with van der Waals surface area (Å²) in [4.78, 5) is 43.9. The molecule has 3 amide bonds. The standard InChI is InChI=1S/C35H42N4O3/c1-5-20(2)30(32(40)36-37-34(42)35-17-22-14-23(18-35)16-24(15-22)19-35)39-31(25-10-6-7-11-26(25)33(39)41)29-21(3)38(4)28-13-9-8-12-27(28)29/h6-13,20,22-24,30-31H,5,14-19H2,1-4H3,(H,36,40)(H,37,42). The van der Waals surface area contributed by atoms with Gasteiger partial charge in [0, 0.05) is 34.8 Å². The minimum Gasteiger partial charge on any atom is -0.348 e. The summed E-state index contributed by atoms with van der Waals surface area (Å²) in [5, 5.41) is 1.08. The van der Waals surface area contributed by atoms with Crippen LogP contribution in [0.15, 0.2) is 48.5 Å². The quantitative estimate of drug-likeness (QED) is 0.370. The van der Waals surface area contributed by atoms with Crippen LogP contribution in [0.4, 0.5) is 0 Å². The van der Waals surface area contributed by atoms with Gasteiger partial charge in [-0.3, -0.25) is 25.2 Å². The SMILES string of the molecule is CCC(C)C(C(=O)NNC(=O)C12CC3CC(CC(C3)C1)C2)N1C(=O)c2ccccc2C1c1c(C)n(C)c2ccccc12. The highest BCUT2D eigenvalue weighted by atomic mass is 16.2. The molecule has 0 radical (unpaired) electrons. The molecule has 7 nitrogen and oxygen atoms in total. The van der Waals surface area contributed by atoms with Gasteiger partial charge in [0.15, 0.2) is 0 Å². The van der Waals surface area contributed by atoms with Gasteiger partial charge >= 0.3 is 0 Å². The first-order valence-electron chi connectivity index (χ1n) is 15.8. The van der Waals surface area contributed by atoms with Crippen LogP contribution in [0.5, 0.6) is 0 Å². The molecule has 4 saturated carbocycles. The van der Waals surface area contributed by atoms with E-state index in [-0.39, 0.29) is 29.1 Å². The second kappa shape index (κ2) is 9.99. The Hall–Kier alpha value is -3.61. The molecule has 5 aliphatic rings. The monoisotopic (exact) mass is 566 g/mol. The number of carbonyl (C=O) groups excluding carboxylic acids is 3. The number of nitrogens with zero attached hydrogens (tertiary/aromatic N) is 2. The van der Waals surface area contributed by atoms with E-state index in [9.17, 15) is 14.4 Å². The van der Waals surface area contributed by atoms with E-state index in [1.165, 1.54) is 19.3 Å². The number of hydrazine groups is 1. The van der Waals surface area contributed by atoms with Gasteiger partial charge in [0.05, 0.1) is 11.5 Å². The van der Waals surface area contributed by atoms with Crippen molar-refractivity contribution in [1.82, 2.24) is 20.3 Å². The minimum absolute atomic E-state index is 0.0460. The summed E-state index contributed by atoms with van der Waals surface area (Å²) in [5.41, 5.74) is 10.1. The van der Waals surface area contributed by atoms with Crippen molar-refractivity contribution in [3.8, 4) is 0 Å². The number of hydrogen-bond acceptors (Lipinski definition) is 3. The lowest BCUT2D eigenvalue weighted by atomic mass is 9.49. The van der Waals surface area contributed by atoms with Crippen molar-refractivity contribution in [2.45, 2.75) is 77.8 Å². The number of rotatable bonds is 6. The summed E-state index contributed by atoms with van der Waals surface area (Å²) in [7, 11) is 2.05. The summed E-state index contributed by atoms with van der Waals surface area (Å²) in [6.07, 6.45) is 7.25. The fraction of sp³-hybridized carbons (Fsp3) is 0.514. The molecule has 7 heteroatoms. The number of para-hydroxylation sites is 1. The first kappa shape index (κ1) is 27.2. The zero-order chi connectivity index (χ0) is 29.3. The van der Waals surface area contributed by atoms with Crippen LogP contribution in [0.2, 0.25) is 0 Å². The van der Waals surface area contributed by atoms with Crippen molar-refractivity contribution >= 4 is 28.6 Å². The Morgan fingerprint density at radius 3 is 2.24 bits per heavy atom. The molecule has 1 aliphatic heterocycles. The van der Waals surface area contributed by atoms with E-state index >= 15 is 0 Å². The predicted octanol–water partition coefficient (Wildman–Crippen LogP) is 5.81. The molecule has 2 aromatic carbocycles. The molecule has 4 fully saturated rings. The van der Waals surface area contributed by atoms with Crippen LogP contribution >= 0.6 is 0 Å². The third kappa shape index (κ3) is 4.03.